The van der Waals surface area contributed by atoms with Crippen molar-refractivity contribution in [3.05, 3.63) is 65.0 Å². The summed E-state index contributed by atoms with van der Waals surface area (Å²) >= 11 is 5.27. The average molecular weight is 461 g/mol. The Bertz CT molecular complexity index is 875. The van der Waals surface area contributed by atoms with Crippen LogP contribution in [0.5, 0.6) is 0 Å². The van der Waals surface area contributed by atoms with Crippen molar-refractivity contribution in [1.29, 1.82) is 0 Å². The number of rotatable bonds is 2. The van der Waals surface area contributed by atoms with Gasteiger partial charge in [0.25, 0.3) is 0 Å². The molecule has 0 radical (unpaired) electrons. The van der Waals surface area contributed by atoms with E-state index in [1.807, 2.05) is 48.8 Å². The fourth-order valence-electron chi connectivity index (χ4n) is 2.83. The van der Waals surface area contributed by atoms with Gasteiger partial charge >= 0.3 is 0 Å². The van der Waals surface area contributed by atoms with Crippen molar-refractivity contribution in [2.24, 2.45) is 0 Å². The second-order valence-electron chi connectivity index (χ2n) is 5.42. The molecule has 2 aromatic heterocycles. The van der Waals surface area contributed by atoms with Crippen LogP contribution in [0.15, 0.2) is 59.5 Å². The van der Waals surface area contributed by atoms with Crippen molar-refractivity contribution >= 4 is 69.3 Å². The van der Waals surface area contributed by atoms with Gasteiger partial charge in [0.15, 0.2) is 0 Å². The van der Waals surface area contributed by atoms with Crippen LogP contribution in [0, 0.1) is 0 Å². The molecule has 0 saturated carbocycles. The van der Waals surface area contributed by atoms with Gasteiger partial charge in [-0.1, -0.05) is 28.1 Å². The molecule has 1 N–H and O–H groups in total. The first kappa shape index (κ1) is 20.3. The third-order valence-electron chi connectivity index (χ3n) is 3.98. The first-order valence-electron chi connectivity index (χ1n) is 7.31. The fourth-order valence-corrected chi connectivity index (χ4v) is 4.53. The standard InChI is InChI=1S/C17H14BrN3OS.2ClH/c18-13-4-1-5-15-12(13)6-8-21(15)17(22)14-10-23-16(20-14)11-3-2-7-19-9-11;;/h1-9,14,16,20H,10H2;2*1H. The van der Waals surface area contributed by atoms with Crippen LogP contribution in [-0.4, -0.2) is 27.3 Å². The summed E-state index contributed by atoms with van der Waals surface area (Å²) < 4.78 is 2.74. The highest BCUT2D eigenvalue weighted by Crippen LogP contribution is 2.33. The molecular formula is C17H16BrCl2N3OS. The topological polar surface area (TPSA) is 46.9 Å². The molecule has 3 aromatic rings. The number of halogens is 3. The summed E-state index contributed by atoms with van der Waals surface area (Å²) in [6, 6.07) is 11.6. The lowest BCUT2D eigenvalue weighted by Gasteiger charge is -2.13. The maximum Gasteiger partial charge on any atom is 0.249 e. The Morgan fingerprint density at radius 1 is 1.24 bits per heavy atom. The molecule has 0 spiro atoms. The minimum absolute atomic E-state index is 0. The highest BCUT2D eigenvalue weighted by Gasteiger charge is 2.31. The summed E-state index contributed by atoms with van der Waals surface area (Å²) in [5, 5.41) is 4.58. The normalized spacial score (nSPS) is 19.2. The Morgan fingerprint density at radius 2 is 2.08 bits per heavy atom. The molecule has 2 unspecified atom stereocenters. The fraction of sp³-hybridized carbons (Fsp3) is 0.176. The Labute approximate surface area is 170 Å². The van der Waals surface area contributed by atoms with E-state index in [1.54, 1.807) is 22.5 Å². The van der Waals surface area contributed by atoms with Gasteiger partial charge in [0, 0.05) is 34.2 Å². The molecule has 4 nitrogen and oxygen atoms in total. The lowest BCUT2D eigenvalue weighted by Crippen LogP contribution is -2.37. The van der Waals surface area contributed by atoms with Crippen molar-refractivity contribution in [2.45, 2.75) is 11.4 Å². The second kappa shape index (κ2) is 8.56. The predicted octanol–water partition coefficient (Wildman–Crippen LogP) is 4.69. The molecule has 0 aliphatic carbocycles. The van der Waals surface area contributed by atoms with E-state index in [-0.39, 0.29) is 42.1 Å². The summed E-state index contributed by atoms with van der Waals surface area (Å²) in [7, 11) is 0. The van der Waals surface area contributed by atoms with Crippen molar-refractivity contribution in [3.63, 3.8) is 0 Å². The predicted molar refractivity (Wildman–Crippen MR) is 111 cm³/mol. The number of aromatic nitrogens is 2. The number of nitrogens with zero attached hydrogens (tertiary/aromatic N) is 2. The molecule has 1 fully saturated rings. The molecule has 2 atom stereocenters. The van der Waals surface area contributed by atoms with E-state index in [0.717, 1.165) is 26.7 Å². The van der Waals surface area contributed by atoms with E-state index in [4.69, 9.17) is 0 Å². The zero-order chi connectivity index (χ0) is 15.8. The minimum atomic E-state index is -0.195. The first-order valence-corrected chi connectivity index (χ1v) is 9.15. The van der Waals surface area contributed by atoms with Gasteiger partial charge in [-0.3, -0.25) is 19.7 Å². The third-order valence-corrected chi connectivity index (χ3v) is 5.94. The van der Waals surface area contributed by atoms with Crippen LogP contribution in [0.2, 0.25) is 0 Å². The van der Waals surface area contributed by atoms with Gasteiger partial charge in [0.1, 0.15) is 0 Å². The third kappa shape index (κ3) is 3.88. The van der Waals surface area contributed by atoms with E-state index in [2.05, 4.69) is 26.2 Å². The Kier molecular flexibility index (Phi) is 6.93. The number of pyridine rings is 1. The number of carbonyl (C=O) groups excluding carboxylic acids is 1. The highest BCUT2D eigenvalue weighted by molar-refractivity contribution is 9.10. The molecule has 25 heavy (non-hydrogen) atoms. The molecule has 3 heterocycles. The highest BCUT2D eigenvalue weighted by atomic mass is 79.9. The van der Waals surface area contributed by atoms with Crippen LogP contribution in [0.1, 0.15) is 15.7 Å². The van der Waals surface area contributed by atoms with Crippen molar-refractivity contribution < 1.29 is 4.79 Å². The number of hydrogen-bond donors (Lipinski definition) is 1. The van der Waals surface area contributed by atoms with Crippen LogP contribution < -0.4 is 5.32 Å². The Balaban J connectivity index is 0.00000113. The molecular weight excluding hydrogens is 445 g/mol. The molecule has 8 heteroatoms. The van der Waals surface area contributed by atoms with Gasteiger partial charge in [0.05, 0.1) is 16.9 Å². The van der Waals surface area contributed by atoms with Crippen molar-refractivity contribution in [2.75, 3.05) is 5.75 Å². The molecule has 1 aliphatic rings. The molecule has 1 aromatic carbocycles. The summed E-state index contributed by atoms with van der Waals surface area (Å²) in [6.45, 7) is 0. The van der Waals surface area contributed by atoms with Gasteiger partial charge in [0.2, 0.25) is 5.91 Å². The van der Waals surface area contributed by atoms with E-state index in [1.165, 1.54) is 0 Å². The largest absolute Gasteiger partial charge is 0.290 e. The second-order valence-corrected chi connectivity index (χ2v) is 7.41. The lowest BCUT2D eigenvalue weighted by molar-refractivity contribution is 0.0879. The molecule has 1 aliphatic heterocycles. The molecule has 0 bridgehead atoms. The summed E-state index contributed by atoms with van der Waals surface area (Å²) in [5.74, 6) is 0.837. The zero-order valence-electron chi connectivity index (χ0n) is 13.0. The van der Waals surface area contributed by atoms with Crippen LogP contribution in [-0.2, 0) is 0 Å². The maximum atomic E-state index is 12.9. The van der Waals surface area contributed by atoms with Crippen LogP contribution >= 0.6 is 52.5 Å². The lowest BCUT2D eigenvalue weighted by atomic mass is 10.2. The van der Waals surface area contributed by atoms with Crippen LogP contribution in [0.3, 0.4) is 0 Å². The molecule has 1 saturated heterocycles. The van der Waals surface area contributed by atoms with E-state index >= 15 is 0 Å². The van der Waals surface area contributed by atoms with Gasteiger partial charge in [-0.2, -0.15) is 0 Å². The number of fused-ring (bicyclic) bond motifs is 1. The van der Waals surface area contributed by atoms with Gasteiger partial charge < -0.3 is 0 Å². The van der Waals surface area contributed by atoms with E-state index < -0.39 is 0 Å². The number of thioether (sulfide) groups is 1. The molecule has 132 valence electrons. The zero-order valence-corrected chi connectivity index (χ0v) is 17.0. The smallest absolute Gasteiger partial charge is 0.249 e. The maximum absolute atomic E-state index is 12.9. The first-order chi connectivity index (χ1) is 11.2. The van der Waals surface area contributed by atoms with Crippen LogP contribution in [0.25, 0.3) is 10.9 Å². The Morgan fingerprint density at radius 3 is 2.84 bits per heavy atom. The summed E-state index contributed by atoms with van der Waals surface area (Å²) in [5.41, 5.74) is 2.04. The van der Waals surface area contributed by atoms with Crippen LogP contribution in [0.4, 0.5) is 0 Å². The molecule has 0 amide bonds. The quantitative estimate of drug-likeness (QED) is 0.602. The summed E-state index contributed by atoms with van der Waals surface area (Å²) in [4.78, 5) is 17.0. The number of carbonyl (C=O) groups is 1. The number of benzene rings is 1. The van der Waals surface area contributed by atoms with Gasteiger partial charge in [-0.25, -0.2) is 0 Å². The summed E-state index contributed by atoms with van der Waals surface area (Å²) in [6.07, 6.45) is 5.46. The number of nitrogens with one attached hydrogen (secondary N) is 1. The minimum Gasteiger partial charge on any atom is -0.290 e. The monoisotopic (exact) mass is 459 g/mol. The average Bonchev–Trinajstić information content (AvgIpc) is 3.23. The van der Waals surface area contributed by atoms with Gasteiger partial charge in [-0.05, 0) is 29.8 Å². The van der Waals surface area contributed by atoms with Crippen molar-refractivity contribution in [3.8, 4) is 0 Å². The van der Waals surface area contributed by atoms with Gasteiger partial charge in [-0.15, -0.1) is 36.6 Å². The number of hydrogen-bond acceptors (Lipinski definition) is 4. The van der Waals surface area contributed by atoms with E-state index in [9.17, 15) is 4.79 Å². The molecule has 4 rings (SSSR count). The Hall–Kier alpha value is -1.05. The van der Waals surface area contributed by atoms with Crippen molar-refractivity contribution in [1.82, 2.24) is 14.9 Å². The SMILES string of the molecule is Cl.Cl.O=C(C1CSC(c2cccnc2)N1)n1ccc2c(Br)cccc21. The van der Waals surface area contributed by atoms with E-state index in [0.29, 0.717) is 0 Å².